The van der Waals surface area contributed by atoms with E-state index in [1.807, 2.05) is 25.1 Å². The summed E-state index contributed by atoms with van der Waals surface area (Å²) in [4.78, 5) is 11.4. The van der Waals surface area contributed by atoms with Gasteiger partial charge in [0.25, 0.3) is 0 Å². The van der Waals surface area contributed by atoms with Crippen molar-refractivity contribution in [1.29, 1.82) is 0 Å². The number of esters is 1. The topological polar surface area (TPSA) is 35.5 Å². The molecular weight excluding hydrogens is 276 g/mol. The van der Waals surface area contributed by atoms with Crippen molar-refractivity contribution in [3.8, 4) is 16.9 Å². The van der Waals surface area contributed by atoms with E-state index in [2.05, 4.69) is 24.3 Å². The molecule has 1 aliphatic heterocycles. The fraction of sp³-hybridized carbons (Fsp3) is 0.316. The summed E-state index contributed by atoms with van der Waals surface area (Å²) in [6, 6.07) is 14.6. The summed E-state index contributed by atoms with van der Waals surface area (Å²) in [6.45, 7) is 2.91. The molecule has 0 N–H and O–H groups in total. The fourth-order valence-corrected chi connectivity index (χ4v) is 2.80. The van der Waals surface area contributed by atoms with Crippen molar-refractivity contribution >= 4 is 5.97 Å². The van der Waals surface area contributed by atoms with Crippen LogP contribution in [-0.2, 0) is 22.6 Å². The zero-order chi connectivity index (χ0) is 15.4. The minimum Gasteiger partial charge on any atom is -0.488 e. The van der Waals surface area contributed by atoms with Gasteiger partial charge in [-0.25, -0.2) is 0 Å². The molecule has 114 valence electrons. The first-order valence-corrected chi connectivity index (χ1v) is 7.77. The predicted octanol–water partition coefficient (Wildman–Crippen LogP) is 4.13. The third-order valence-electron chi connectivity index (χ3n) is 3.89. The van der Waals surface area contributed by atoms with Crippen molar-refractivity contribution in [2.45, 2.75) is 32.8 Å². The minimum atomic E-state index is -0.112. The highest BCUT2D eigenvalue weighted by Gasteiger charge is 2.16. The molecule has 3 nitrogen and oxygen atoms in total. The van der Waals surface area contributed by atoms with Crippen LogP contribution in [-0.4, -0.2) is 12.6 Å². The predicted molar refractivity (Wildman–Crippen MR) is 85.8 cm³/mol. The monoisotopic (exact) mass is 296 g/mol. The SMILES string of the molecule is CCOC(=O)CCCc1ccc2c(c1)-c1ccccc1OC2. The number of fused-ring (bicyclic) bond motifs is 3. The molecule has 0 fully saturated rings. The van der Waals surface area contributed by atoms with Crippen molar-refractivity contribution < 1.29 is 14.3 Å². The second kappa shape index (κ2) is 6.65. The Morgan fingerprint density at radius 2 is 2.05 bits per heavy atom. The fourth-order valence-electron chi connectivity index (χ4n) is 2.80. The molecule has 0 unspecified atom stereocenters. The molecule has 2 aromatic rings. The average molecular weight is 296 g/mol. The largest absolute Gasteiger partial charge is 0.488 e. The van der Waals surface area contributed by atoms with E-state index < -0.39 is 0 Å². The van der Waals surface area contributed by atoms with Crippen molar-refractivity contribution in [3.63, 3.8) is 0 Å². The Hall–Kier alpha value is -2.29. The van der Waals surface area contributed by atoms with Crippen molar-refractivity contribution in [3.05, 3.63) is 53.6 Å². The summed E-state index contributed by atoms with van der Waals surface area (Å²) in [7, 11) is 0. The highest BCUT2D eigenvalue weighted by atomic mass is 16.5. The minimum absolute atomic E-state index is 0.112. The lowest BCUT2D eigenvalue weighted by Gasteiger charge is -2.21. The Morgan fingerprint density at radius 1 is 1.18 bits per heavy atom. The van der Waals surface area contributed by atoms with Gasteiger partial charge in [0.05, 0.1) is 6.61 Å². The van der Waals surface area contributed by atoms with Gasteiger partial charge in [0.1, 0.15) is 12.4 Å². The molecule has 0 saturated carbocycles. The maximum Gasteiger partial charge on any atom is 0.305 e. The Balaban J connectivity index is 1.73. The molecule has 1 aliphatic rings. The van der Waals surface area contributed by atoms with Crippen LogP contribution in [0.2, 0.25) is 0 Å². The number of hydrogen-bond donors (Lipinski definition) is 0. The summed E-state index contributed by atoms with van der Waals surface area (Å²) in [6.07, 6.45) is 2.18. The van der Waals surface area contributed by atoms with Gasteiger partial charge >= 0.3 is 5.97 Å². The molecular formula is C19H20O3. The number of carbonyl (C=O) groups excluding carboxylic acids is 1. The summed E-state index contributed by atoms with van der Waals surface area (Å²) < 4.78 is 10.7. The zero-order valence-electron chi connectivity index (χ0n) is 12.8. The number of aryl methyl sites for hydroxylation is 1. The highest BCUT2D eigenvalue weighted by Crippen LogP contribution is 2.37. The Morgan fingerprint density at radius 3 is 2.91 bits per heavy atom. The van der Waals surface area contributed by atoms with E-state index in [1.165, 1.54) is 16.7 Å². The lowest BCUT2D eigenvalue weighted by molar-refractivity contribution is -0.143. The zero-order valence-corrected chi connectivity index (χ0v) is 12.8. The van der Waals surface area contributed by atoms with Gasteiger partial charge in [0.2, 0.25) is 0 Å². The molecule has 0 spiro atoms. The van der Waals surface area contributed by atoms with Gasteiger partial charge in [-0.15, -0.1) is 0 Å². The third-order valence-corrected chi connectivity index (χ3v) is 3.89. The first-order chi connectivity index (χ1) is 10.8. The van der Waals surface area contributed by atoms with Crippen LogP contribution >= 0.6 is 0 Å². The van der Waals surface area contributed by atoms with E-state index in [1.54, 1.807) is 0 Å². The number of carbonyl (C=O) groups is 1. The first kappa shape index (κ1) is 14.6. The van der Waals surface area contributed by atoms with Gasteiger partial charge in [0, 0.05) is 12.0 Å². The molecule has 3 heteroatoms. The number of ether oxygens (including phenoxy) is 2. The Bertz CT molecular complexity index is 676. The van der Waals surface area contributed by atoms with Crippen LogP contribution in [0.25, 0.3) is 11.1 Å². The molecule has 0 amide bonds. The van der Waals surface area contributed by atoms with Gasteiger partial charge in [0.15, 0.2) is 0 Å². The summed E-state index contributed by atoms with van der Waals surface area (Å²) in [5.74, 6) is 0.831. The van der Waals surface area contributed by atoms with Crippen molar-refractivity contribution in [2.24, 2.45) is 0 Å². The van der Waals surface area contributed by atoms with Crippen molar-refractivity contribution in [2.75, 3.05) is 6.61 Å². The number of para-hydroxylation sites is 1. The molecule has 0 saturated heterocycles. The number of benzene rings is 2. The summed E-state index contributed by atoms with van der Waals surface area (Å²) in [5.41, 5.74) is 4.86. The molecule has 3 rings (SSSR count). The number of rotatable bonds is 5. The highest BCUT2D eigenvalue weighted by molar-refractivity contribution is 5.75. The normalized spacial score (nSPS) is 12.0. The van der Waals surface area contributed by atoms with Crippen LogP contribution in [0.5, 0.6) is 5.75 Å². The van der Waals surface area contributed by atoms with Crippen LogP contribution in [0.3, 0.4) is 0 Å². The molecule has 0 aliphatic carbocycles. The maximum absolute atomic E-state index is 11.4. The van der Waals surface area contributed by atoms with Gasteiger partial charge < -0.3 is 9.47 Å². The van der Waals surface area contributed by atoms with Crippen molar-refractivity contribution in [1.82, 2.24) is 0 Å². The third kappa shape index (κ3) is 3.14. The lowest BCUT2D eigenvalue weighted by Crippen LogP contribution is -2.06. The summed E-state index contributed by atoms with van der Waals surface area (Å²) >= 11 is 0. The van der Waals surface area contributed by atoms with Gasteiger partial charge in [-0.3, -0.25) is 4.79 Å². The van der Waals surface area contributed by atoms with E-state index in [-0.39, 0.29) is 5.97 Å². The van der Waals surface area contributed by atoms with Crippen LogP contribution in [0.4, 0.5) is 0 Å². The van der Waals surface area contributed by atoms with E-state index in [0.717, 1.165) is 24.2 Å². The second-order valence-corrected chi connectivity index (χ2v) is 5.43. The van der Waals surface area contributed by atoms with E-state index >= 15 is 0 Å². The Labute approximate surface area is 130 Å². The van der Waals surface area contributed by atoms with Crippen LogP contribution < -0.4 is 4.74 Å². The second-order valence-electron chi connectivity index (χ2n) is 5.43. The Kier molecular flexibility index (Phi) is 4.42. The maximum atomic E-state index is 11.4. The molecule has 22 heavy (non-hydrogen) atoms. The molecule has 0 radical (unpaired) electrons. The first-order valence-electron chi connectivity index (χ1n) is 7.77. The molecule has 0 aromatic heterocycles. The molecule has 1 heterocycles. The van der Waals surface area contributed by atoms with Gasteiger partial charge in [-0.05, 0) is 42.5 Å². The molecule has 0 atom stereocenters. The lowest BCUT2D eigenvalue weighted by atomic mass is 9.93. The standard InChI is InChI=1S/C19H20O3/c1-2-21-19(20)9-5-6-14-10-11-15-13-22-18-8-4-3-7-16(18)17(15)12-14/h3-4,7-8,10-12H,2,5-6,9,13H2,1H3. The summed E-state index contributed by atoms with van der Waals surface area (Å²) in [5, 5.41) is 0. The van der Waals surface area contributed by atoms with Crippen LogP contribution in [0.15, 0.2) is 42.5 Å². The van der Waals surface area contributed by atoms with E-state index in [9.17, 15) is 4.79 Å². The van der Waals surface area contributed by atoms with Crippen LogP contribution in [0.1, 0.15) is 30.9 Å². The van der Waals surface area contributed by atoms with E-state index in [4.69, 9.17) is 9.47 Å². The average Bonchev–Trinajstić information content (AvgIpc) is 2.55. The van der Waals surface area contributed by atoms with E-state index in [0.29, 0.717) is 19.6 Å². The van der Waals surface area contributed by atoms with Crippen LogP contribution in [0, 0.1) is 0 Å². The number of hydrogen-bond acceptors (Lipinski definition) is 3. The van der Waals surface area contributed by atoms with Gasteiger partial charge in [-0.2, -0.15) is 0 Å². The molecule has 2 aromatic carbocycles. The smallest absolute Gasteiger partial charge is 0.305 e. The van der Waals surface area contributed by atoms with Gasteiger partial charge in [-0.1, -0.05) is 36.4 Å². The molecule has 0 bridgehead atoms. The quantitative estimate of drug-likeness (QED) is 0.778.